The van der Waals surface area contributed by atoms with Crippen molar-refractivity contribution in [3.63, 3.8) is 0 Å². The molecule has 1 aliphatic heterocycles. The molecule has 1 saturated heterocycles. The van der Waals surface area contributed by atoms with Crippen LogP contribution in [0.25, 0.3) is 0 Å². The van der Waals surface area contributed by atoms with E-state index in [4.69, 9.17) is 9.47 Å². The number of aromatic nitrogens is 2. The molecule has 1 aliphatic rings. The van der Waals surface area contributed by atoms with E-state index in [-0.39, 0.29) is 0 Å². The van der Waals surface area contributed by atoms with Gasteiger partial charge in [-0.05, 0) is 55.3 Å². The number of hydrogen-bond donors (Lipinski definition) is 1. The van der Waals surface area contributed by atoms with Crippen LogP contribution in [-0.2, 0) is 13.1 Å². The molecule has 0 bridgehead atoms. The molecule has 2 heterocycles. The lowest BCUT2D eigenvalue weighted by Gasteiger charge is -2.39. The molecule has 31 heavy (non-hydrogen) atoms. The van der Waals surface area contributed by atoms with Crippen molar-refractivity contribution < 1.29 is 14.6 Å². The Hall–Kier alpha value is -2.83. The number of likely N-dealkylation sites (tertiary alicyclic amines) is 1. The van der Waals surface area contributed by atoms with Crippen LogP contribution in [0.4, 0.5) is 0 Å². The Morgan fingerprint density at radius 2 is 1.77 bits per heavy atom. The van der Waals surface area contributed by atoms with Crippen LogP contribution in [0.15, 0.2) is 73.1 Å². The number of ether oxygens (including phenoxy) is 2. The highest BCUT2D eigenvalue weighted by Gasteiger charge is 2.34. The van der Waals surface area contributed by atoms with Crippen molar-refractivity contribution in [3.8, 4) is 11.5 Å². The molecule has 164 valence electrons. The van der Waals surface area contributed by atoms with Crippen LogP contribution in [0.2, 0.25) is 0 Å². The van der Waals surface area contributed by atoms with Gasteiger partial charge in [-0.3, -0.25) is 9.58 Å². The van der Waals surface area contributed by atoms with Crippen LogP contribution in [0, 0.1) is 0 Å². The first-order chi connectivity index (χ1) is 15.2. The number of rotatable bonds is 10. The summed E-state index contributed by atoms with van der Waals surface area (Å²) in [5.74, 6) is 1.68. The number of para-hydroxylation sites is 1. The predicted octanol–water partition coefficient (Wildman–Crippen LogP) is 3.76. The van der Waals surface area contributed by atoms with E-state index in [1.807, 2.05) is 59.4 Å². The van der Waals surface area contributed by atoms with Gasteiger partial charge in [-0.15, -0.1) is 0 Å². The molecule has 1 fully saturated rings. The summed E-state index contributed by atoms with van der Waals surface area (Å²) in [7, 11) is 0. The number of β-amino-alcohol motifs (C(OH)–C–C–N with tert-alkyl or cyclic N) is 1. The summed E-state index contributed by atoms with van der Waals surface area (Å²) >= 11 is 0. The zero-order valence-corrected chi connectivity index (χ0v) is 17.9. The maximum Gasteiger partial charge on any atom is 0.119 e. The molecule has 4 rings (SSSR count). The summed E-state index contributed by atoms with van der Waals surface area (Å²) in [6, 6.07) is 19.9. The minimum atomic E-state index is -0.814. The maximum absolute atomic E-state index is 11.0. The van der Waals surface area contributed by atoms with E-state index in [2.05, 4.69) is 22.1 Å². The van der Waals surface area contributed by atoms with Crippen molar-refractivity contribution in [2.75, 3.05) is 26.3 Å². The average Bonchev–Trinajstić information content (AvgIpc) is 3.31. The Labute approximate surface area is 184 Å². The number of aryl methyl sites for hydroxylation is 1. The van der Waals surface area contributed by atoms with Crippen molar-refractivity contribution >= 4 is 0 Å². The predicted molar refractivity (Wildman–Crippen MR) is 120 cm³/mol. The van der Waals surface area contributed by atoms with Crippen LogP contribution < -0.4 is 9.47 Å². The number of benzene rings is 2. The van der Waals surface area contributed by atoms with Crippen LogP contribution in [0.3, 0.4) is 0 Å². The van der Waals surface area contributed by atoms with Gasteiger partial charge in [0.15, 0.2) is 0 Å². The molecular weight excluding hydrogens is 390 g/mol. The SMILES string of the molecule is OC1(COc2ccccc2)CCCN(Cc2ccc(OCCCn3cccn3)cc2)C1. The van der Waals surface area contributed by atoms with E-state index >= 15 is 0 Å². The number of nitrogens with zero attached hydrogens (tertiary/aromatic N) is 3. The molecule has 1 unspecified atom stereocenters. The zero-order valence-electron chi connectivity index (χ0n) is 17.9. The van der Waals surface area contributed by atoms with Gasteiger partial charge in [0.2, 0.25) is 0 Å². The summed E-state index contributed by atoms with van der Waals surface area (Å²) < 4.78 is 13.6. The van der Waals surface area contributed by atoms with Gasteiger partial charge in [0, 0.05) is 38.4 Å². The van der Waals surface area contributed by atoms with Gasteiger partial charge in [-0.2, -0.15) is 5.10 Å². The van der Waals surface area contributed by atoms with Gasteiger partial charge in [0.1, 0.15) is 23.7 Å². The Balaban J connectivity index is 1.21. The summed E-state index contributed by atoms with van der Waals surface area (Å²) in [5.41, 5.74) is 0.406. The molecular formula is C25H31N3O3. The van der Waals surface area contributed by atoms with Gasteiger partial charge < -0.3 is 14.6 Å². The van der Waals surface area contributed by atoms with Crippen LogP contribution >= 0.6 is 0 Å². The molecule has 0 radical (unpaired) electrons. The van der Waals surface area contributed by atoms with Crippen molar-refractivity contribution in [1.82, 2.24) is 14.7 Å². The molecule has 0 aliphatic carbocycles. The van der Waals surface area contributed by atoms with E-state index in [1.165, 1.54) is 5.56 Å². The van der Waals surface area contributed by atoms with Gasteiger partial charge >= 0.3 is 0 Å². The first-order valence-corrected chi connectivity index (χ1v) is 11.0. The molecule has 3 aromatic rings. The largest absolute Gasteiger partial charge is 0.494 e. The monoisotopic (exact) mass is 421 g/mol. The van der Waals surface area contributed by atoms with Crippen LogP contribution in [0.5, 0.6) is 11.5 Å². The van der Waals surface area contributed by atoms with Crippen molar-refractivity contribution in [3.05, 3.63) is 78.6 Å². The van der Waals surface area contributed by atoms with Gasteiger partial charge in [-0.1, -0.05) is 30.3 Å². The summed E-state index contributed by atoms with van der Waals surface area (Å²) in [6.07, 6.45) is 6.40. The lowest BCUT2D eigenvalue weighted by atomic mass is 9.93. The van der Waals surface area contributed by atoms with Crippen LogP contribution in [0.1, 0.15) is 24.8 Å². The Morgan fingerprint density at radius 3 is 2.55 bits per heavy atom. The van der Waals surface area contributed by atoms with Gasteiger partial charge in [0.25, 0.3) is 0 Å². The third-order valence-corrected chi connectivity index (χ3v) is 5.57. The normalized spacial score (nSPS) is 19.3. The third-order valence-electron chi connectivity index (χ3n) is 5.57. The van der Waals surface area contributed by atoms with Crippen molar-refractivity contribution in [2.45, 2.75) is 38.0 Å². The highest BCUT2D eigenvalue weighted by atomic mass is 16.5. The number of hydrogen-bond acceptors (Lipinski definition) is 5. The fraction of sp³-hybridized carbons (Fsp3) is 0.400. The quantitative estimate of drug-likeness (QED) is 0.505. The maximum atomic E-state index is 11.0. The minimum absolute atomic E-state index is 0.318. The van der Waals surface area contributed by atoms with Gasteiger partial charge in [0.05, 0.1) is 6.61 Å². The van der Waals surface area contributed by atoms with Crippen LogP contribution in [-0.4, -0.2) is 51.7 Å². The lowest BCUT2D eigenvalue weighted by molar-refractivity contribution is -0.0621. The lowest BCUT2D eigenvalue weighted by Crippen LogP contribution is -2.51. The van der Waals surface area contributed by atoms with E-state index in [0.29, 0.717) is 19.8 Å². The molecule has 1 aromatic heterocycles. The molecule has 1 atom stereocenters. The number of aliphatic hydroxyl groups is 1. The van der Waals surface area contributed by atoms with Gasteiger partial charge in [-0.25, -0.2) is 0 Å². The molecule has 6 heteroatoms. The Kier molecular flexibility index (Phi) is 7.22. The minimum Gasteiger partial charge on any atom is -0.494 e. The molecule has 6 nitrogen and oxygen atoms in total. The summed E-state index contributed by atoms with van der Waals surface area (Å²) in [5, 5.41) is 15.2. The first-order valence-electron chi connectivity index (χ1n) is 11.0. The van der Waals surface area contributed by atoms with E-state index < -0.39 is 5.60 Å². The van der Waals surface area contributed by atoms with E-state index in [9.17, 15) is 5.11 Å². The number of piperidine rings is 1. The van der Waals surface area contributed by atoms with Crippen molar-refractivity contribution in [2.24, 2.45) is 0 Å². The Morgan fingerprint density at radius 1 is 0.968 bits per heavy atom. The summed E-state index contributed by atoms with van der Waals surface area (Å²) in [4.78, 5) is 2.30. The average molecular weight is 422 g/mol. The fourth-order valence-electron chi connectivity index (χ4n) is 3.99. The highest BCUT2D eigenvalue weighted by molar-refractivity contribution is 5.27. The molecule has 2 aromatic carbocycles. The van der Waals surface area contributed by atoms with E-state index in [0.717, 1.165) is 50.4 Å². The fourth-order valence-corrected chi connectivity index (χ4v) is 3.99. The second kappa shape index (κ2) is 10.5. The highest BCUT2D eigenvalue weighted by Crippen LogP contribution is 2.24. The Bertz CT molecular complexity index is 900. The third kappa shape index (κ3) is 6.57. The summed E-state index contributed by atoms with van der Waals surface area (Å²) in [6.45, 7) is 4.26. The molecule has 0 spiro atoms. The molecule has 0 amide bonds. The molecule has 0 saturated carbocycles. The van der Waals surface area contributed by atoms with E-state index in [1.54, 1.807) is 6.20 Å². The standard InChI is InChI=1S/C25H31N3O3/c29-25(21-31-23-7-2-1-3-8-23)13-4-15-27(20-25)19-22-9-11-24(12-10-22)30-18-6-17-28-16-5-14-26-28/h1-3,5,7-12,14,16,29H,4,6,13,15,17-21H2. The van der Waals surface area contributed by atoms with Crippen molar-refractivity contribution in [1.29, 1.82) is 0 Å². The topological polar surface area (TPSA) is 59.8 Å². The first kappa shape index (κ1) is 21.4. The second-order valence-corrected chi connectivity index (χ2v) is 8.26. The zero-order chi connectivity index (χ0) is 21.4. The smallest absolute Gasteiger partial charge is 0.119 e. The molecule has 1 N–H and O–H groups in total. The second-order valence-electron chi connectivity index (χ2n) is 8.26.